The van der Waals surface area contributed by atoms with Gasteiger partial charge in [-0.05, 0) is 43.0 Å². The Balaban J connectivity index is 1.36. The van der Waals surface area contributed by atoms with Crippen LogP contribution in [-0.2, 0) is 11.3 Å². The number of rotatable bonds is 5. The van der Waals surface area contributed by atoms with E-state index in [9.17, 15) is 14.4 Å². The lowest BCUT2D eigenvalue weighted by Gasteiger charge is -2.32. The number of hydrogen-bond acceptors (Lipinski definition) is 4. The Labute approximate surface area is 167 Å². The first kappa shape index (κ1) is 19.0. The number of likely N-dealkylation sites (tertiary alicyclic amines) is 1. The number of aromatic nitrogens is 2. The van der Waals surface area contributed by atoms with E-state index in [0.717, 1.165) is 23.3 Å². The molecule has 1 aliphatic rings. The quantitative estimate of drug-likeness (QED) is 0.719. The van der Waals surface area contributed by atoms with E-state index < -0.39 is 0 Å². The average molecular weight is 393 g/mol. The average Bonchev–Trinajstić information content (AvgIpc) is 2.77. The van der Waals surface area contributed by atoms with E-state index >= 15 is 0 Å². The van der Waals surface area contributed by atoms with Gasteiger partial charge in [0.15, 0.2) is 0 Å². The molecule has 4 rings (SSSR count). The Bertz CT molecular complexity index is 1110. The fourth-order valence-electron chi connectivity index (χ4n) is 3.67. The van der Waals surface area contributed by atoms with Crippen LogP contribution in [0.1, 0.15) is 12.8 Å². The molecule has 1 aliphatic heterocycles. The molecule has 1 saturated heterocycles. The number of H-pyrrole nitrogens is 1. The number of hydrogen-bond donors (Lipinski definition) is 1. The van der Waals surface area contributed by atoms with E-state index in [1.54, 1.807) is 29.2 Å². The molecule has 29 heavy (non-hydrogen) atoms. The number of para-hydroxylation sites is 1. The molecule has 1 amide bonds. The Morgan fingerprint density at radius 3 is 2.34 bits per heavy atom. The number of nitrogens with one attached hydrogen (secondary N) is 1. The molecular weight excluding hydrogens is 370 g/mol. The Kier molecular flexibility index (Phi) is 5.46. The third-order valence-corrected chi connectivity index (χ3v) is 5.37. The summed E-state index contributed by atoms with van der Waals surface area (Å²) >= 11 is 0. The summed E-state index contributed by atoms with van der Waals surface area (Å²) in [6.07, 6.45) is 1.70. The van der Waals surface area contributed by atoms with E-state index in [4.69, 9.17) is 4.74 Å². The number of benzene rings is 2. The lowest BCUT2D eigenvalue weighted by molar-refractivity contribution is -0.133. The third kappa shape index (κ3) is 4.23. The summed E-state index contributed by atoms with van der Waals surface area (Å²) in [5.41, 5.74) is -0.732. The molecule has 0 unspecified atom stereocenters. The molecule has 2 aromatic carbocycles. The molecule has 2 heterocycles. The van der Waals surface area contributed by atoms with Crippen LogP contribution in [0.15, 0.2) is 64.2 Å². The first-order chi connectivity index (χ1) is 14.1. The first-order valence-electron chi connectivity index (χ1n) is 9.79. The summed E-state index contributed by atoms with van der Waals surface area (Å²) in [5, 5.41) is 3.17. The van der Waals surface area contributed by atoms with Crippen molar-refractivity contribution in [2.24, 2.45) is 5.92 Å². The summed E-state index contributed by atoms with van der Waals surface area (Å²) in [5.74, 6) is 1.08. The van der Waals surface area contributed by atoms with Crippen molar-refractivity contribution in [3.05, 3.63) is 75.3 Å². The second-order valence-electron chi connectivity index (χ2n) is 7.33. The number of ether oxygens (including phenoxy) is 1. The van der Waals surface area contributed by atoms with Gasteiger partial charge in [-0.25, -0.2) is 4.68 Å². The fraction of sp³-hybridized carbons (Fsp3) is 0.318. The van der Waals surface area contributed by atoms with Crippen molar-refractivity contribution in [3.8, 4) is 5.75 Å². The number of piperidine rings is 1. The number of carbonyl (C=O) groups excluding carboxylic acids is 1. The van der Waals surface area contributed by atoms with E-state index in [1.807, 2.05) is 30.3 Å². The maximum absolute atomic E-state index is 12.7. The van der Waals surface area contributed by atoms with Crippen molar-refractivity contribution in [1.29, 1.82) is 0 Å². The number of nitrogens with zero attached hydrogens (tertiary/aromatic N) is 2. The Hall–Kier alpha value is -3.35. The first-order valence-corrected chi connectivity index (χ1v) is 9.79. The number of amides is 1. The highest BCUT2D eigenvalue weighted by molar-refractivity contribution is 5.81. The molecule has 0 bridgehead atoms. The summed E-state index contributed by atoms with van der Waals surface area (Å²) in [4.78, 5) is 39.2. The van der Waals surface area contributed by atoms with Crippen LogP contribution in [0.2, 0.25) is 0 Å². The number of aromatic amines is 1. The molecule has 0 aliphatic carbocycles. The molecule has 0 atom stereocenters. The summed E-state index contributed by atoms with van der Waals surface area (Å²) in [6.45, 7) is 1.70. The van der Waals surface area contributed by atoms with Crippen LogP contribution in [0.25, 0.3) is 10.8 Å². The molecular formula is C22H23N3O4. The maximum Gasteiger partial charge on any atom is 0.273 e. The van der Waals surface area contributed by atoms with E-state index in [1.165, 1.54) is 0 Å². The lowest BCUT2D eigenvalue weighted by Crippen LogP contribution is -2.43. The molecule has 3 aromatic rings. The Morgan fingerprint density at radius 2 is 1.62 bits per heavy atom. The maximum atomic E-state index is 12.7. The third-order valence-electron chi connectivity index (χ3n) is 5.37. The van der Waals surface area contributed by atoms with Gasteiger partial charge in [0, 0.05) is 13.1 Å². The van der Waals surface area contributed by atoms with Gasteiger partial charge in [0.2, 0.25) is 5.91 Å². The minimum atomic E-state index is -0.371. The highest BCUT2D eigenvalue weighted by Gasteiger charge is 2.24. The van der Waals surface area contributed by atoms with Gasteiger partial charge >= 0.3 is 0 Å². The van der Waals surface area contributed by atoms with E-state index in [0.29, 0.717) is 36.4 Å². The van der Waals surface area contributed by atoms with Crippen LogP contribution in [0, 0.1) is 5.92 Å². The monoisotopic (exact) mass is 393 g/mol. The second-order valence-corrected chi connectivity index (χ2v) is 7.33. The molecule has 150 valence electrons. The summed E-state index contributed by atoms with van der Waals surface area (Å²) < 4.78 is 6.93. The van der Waals surface area contributed by atoms with Crippen molar-refractivity contribution >= 4 is 16.7 Å². The Morgan fingerprint density at radius 1 is 0.966 bits per heavy atom. The van der Waals surface area contributed by atoms with Crippen LogP contribution >= 0.6 is 0 Å². The van der Waals surface area contributed by atoms with Gasteiger partial charge in [-0.3, -0.25) is 19.5 Å². The minimum absolute atomic E-state index is 0.163. The zero-order valence-corrected chi connectivity index (χ0v) is 16.0. The number of fused-ring (bicyclic) bond motifs is 1. The number of carbonyl (C=O) groups is 1. The summed E-state index contributed by atoms with van der Waals surface area (Å²) in [7, 11) is 0. The molecule has 7 nitrogen and oxygen atoms in total. The van der Waals surface area contributed by atoms with Crippen molar-refractivity contribution in [1.82, 2.24) is 14.7 Å². The largest absolute Gasteiger partial charge is 0.493 e. The standard InChI is InChI=1S/C22H23N3O4/c26-20(14-25-22(28)19-9-5-4-8-18(19)21(27)23-25)24-12-10-16(11-13-24)15-29-17-6-2-1-3-7-17/h1-9,16H,10-15H2,(H,23,27). The van der Waals surface area contributed by atoms with Crippen LogP contribution in [0.4, 0.5) is 0 Å². The second kappa shape index (κ2) is 8.34. The van der Waals surface area contributed by atoms with Crippen LogP contribution in [-0.4, -0.2) is 40.3 Å². The van der Waals surface area contributed by atoms with Crippen molar-refractivity contribution in [3.63, 3.8) is 0 Å². The van der Waals surface area contributed by atoms with Gasteiger partial charge in [0.25, 0.3) is 11.1 Å². The lowest BCUT2D eigenvalue weighted by atomic mass is 9.98. The predicted molar refractivity (Wildman–Crippen MR) is 110 cm³/mol. The van der Waals surface area contributed by atoms with E-state index in [2.05, 4.69) is 5.10 Å². The van der Waals surface area contributed by atoms with E-state index in [-0.39, 0.29) is 23.6 Å². The smallest absolute Gasteiger partial charge is 0.273 e. The molecule has 0 spiro atoms. The SMILES string of the molecule is O=C(Cn1[nH]c(=O)c2ccccc2c1=O)N1CCC(COc2ccccc2)CC1. The molecule has 0 radical (unpaired) electrons. The predicted octanol–water partition coefficient (Wildman–Crippen LogP) is 2.01. The summed E-state index contributed by atoms with van der Waals surface area (Å²) in [6, 6.07) is 16.3. The molecule has 7 heteroatoms. The van der Waals surface area contributed by atoms with Gasteiger partial charge in [-0.15, -0.1) is 0 Å². The zero-order chi connectivity index (χ0) is 20.2. The molecule has 1 N–H and O–H groups in total. The highest BCUT2D eigenvalue weighted by Crippen LogP contribution is 2.19. The zero-order valence-electron chi connectivity index (χ0n) is 16.0. The van der Waals surface area contributed by atoms with Gasteiger partial charge in [-0.2, -0.15) is 0 Å². The minimum Gasteiger partial charge on any atom is -0.493 e. The van der Waals surface area contributed by atoms with Crippen molar-refractivity contribution in [2.45, 2.75) is 19.4 Å². The van der Waals surface area contributed by atoms with Crippen molar-refractivity contribution < 1.29 is 9.53 Å². The molecule has 1 fully saturated rings. The normalized spacial score (nSPS) is 14.8. The highest BCUT2D eigenvalue weighted by atomic mass is 16.5. The van der Waals surface area contributed by atoms with Crippen molar-refractivity contribution in [2.75, 3.05) is 19.7 Å². The van der Waals surface area contributed by atoms with Crippen LogP contribution in [0.5, 0.6) is 5.75 Å². The topological polar surface area (TPSA) is 84.4 Å². The van der Waals surface area contributed by atoms with Gasteiger partial charge in [0.1, 0.15) is 12.3 Å². The van der Waals surface area contributed by atoms with Gasteiger partial charge < -0.3 is 9.64 Å². The van der Waals surface area contributed by atoms with Crippen LogP contribution in [0.3, 0.4) is 0 Å². The fourth-order valence-corrected chi connectivity index (χ4v) is 3.67. The molecule has 0 saturated carbocycles. The molecule has 1 aromatic heterocycles. The van der Waals surface area contributed by atoms with Gasteiger partial charge in [-0.1, -0.05) is 30.3 Å². The van der Waals surface area contributed by atoms with Crippen LogP contribution < -0.4 is 15.9 Å². The van der Waals surface area contributed by atoms with Gasteiger partial charge in [0.05, 0.1) is 17.4 Å².